The van der Waals surface area contributed by atoms with E-state index in [4.69, 9.17) is 0 Å². The SMILES string of the molecule is CCCCn1cc(C(=O)N2CC(c3cnn(C)c3)C(C)(C)C2)nn1. The minimum absolute atomic E-state index is 0.0108. The molecule has 1 unspecified atom stereocenters. The Labute approximate surface area is 142 Å². The molecule has 7 heteroatoms. The average Bonchev–Trinajstić information content (AvgIpc) is 3.23. The van der Waals surface area contributed by atoms with Crippen molar-refractivity contribution in [2.45, 2.75) is 46.1 Å². The fourth-order valence-corrected chi connectivity index (χ4v) is 3.45. The van der Waals surface area contributed by atoms with Crippen LogP contribution in [0.2, 0.25) is 0 Å². The first-order valence-electron chi connectivity index (χ1n) is 8.58. The summed E-state index contributed by atoms with van der Waals surface area (Å²) in [5, 5.41) is 12.4. The van der Waals surface area contributed by atoms with Gasteiger partial charge in [-0.2, -0.15) is 5.10 Å². The van der Waals surface area contributed by atoms with Gasteiger partial charge in [-0.15, -0.1) is 5.10 Å². The average molecular weight is 330 g/mol. The van der Waals surface area contributed by atoms with Crippen LogP contribution in [0.4, 0.5) is 0 Å². The first-order chi connectivity index (χ1) is 11.4. The van der Waals surface area contributed by atoms with Crippen molar-refractivity contribution in [1.82, 2.24) is 29.7 Å². The number of amides is 1. The quantitative estimate of drug-likeness (QED) is 0.842. The van der Waals surface area contributed by atoms with E-state index < -0.39 is 0 Å². The van der Waals surface area contributed by atoms with Crippen molar-refractivity contribution in [3.63, 3.8) is 0 Å². The van der Waals surface area contributed by atoms with Crippen LogP contribution in [0.25, 0.3) is 0 Å². The highest BCUT2D eigenvalue weighted by Gasteiger charge is 2.43. The standard InChI is InChI=1S/C17H26N6O/c1-5-6-7-23-11-15(19-20-23)16(24)22-10-14(17(2,3)12-22)13-8-18-21(4)9-13/h8-9,11,14H,5-7,10,12H2,1-4H3. The number of likely N-dealkylation sites (tertiary alicyclic amines) is 1. The molecule has 7 nitrogen and oxygen atoms in total. The minimum Gasteiger partial charge on any atom is -0.336 e. The second-order valence-electron chi connectivity index (χ2n) is 7.39. The molecular formula is C17H26N6O. The van der Waals surface area contributed by atoms with Gasteiger partial charge < -0.3 is 4.90 Å². The highest BCUT2D eigenvalue weighted by Crippen LogP contribution is 2.42. The zero-order valence-corrected chi connectivity index (χ0v) is 14.9. The number of hydrogen-bond donors (Lipinski definition) is 0. The van der Waals surface area contributed by atoms with Gasteiger partial charge in [0.15, 0.2) is 5.69 Å². The fourth-order valence-electron chi connectivity index (χ4n) is 3.45. The van der Waals surface area contributed by atoms with Crippen LogP contribution in [-0.2, 0) is 13.6 Å². The van der Waals surface area contributed by atoms with E-state index in [2.05, 4.69) is 36.2 Å². The zero-order valence-electron chi connectivity index (χ0n) is 14.9. The Bertz CT molecular complexity index is 716. The molecule has 1 amide bonds. The van der Waals surface area contributed by atoms with Crippen LogP contribution in [0.3, 0.4) is 0 Å². The topological polar surface area (TPSA) is 68.8 Å². The number of aromatic nitrogens is 5. The number of unbranched alkanes of at least 4 members (excludes halogenated alkanes) is 1. The lowest BCUT2D eigenvalue weighted by atomic mass is 9.79. The van der Waals surface area contributed by atoms with Gasteiger partial charge in [0.25, 0.3) is 5.91 Å². The first kappa shape index (κ1) is 16.7. The van der Waals surface area contributed by atoms with Crippen molar-refractivity contribution in [2.24, 2.45) is 12.5 Å². The van der Waals surface area contributed by atoms with Crippen LogP contribution in [0.5, 0.6) is 0 Å². The van der Waals surface area contributed by atoms with Crippen molar-refractivity contribution in [2.75, 3.05) is 13.1 Å². The van der Waals surface area contributed by atoms with Crippen LogP contribution in [-0.4, -0.2) is 48.7 Å². The second-order valence-corrected chi connectivity index (χ2v) is 7.39. The third-order valence-electron chi connectivity index (χ3n) is 4.86. The smallest absolute Gasteiger partial charge is 0.276 e. The summed E-state index contributed by atoms with van der Waals surface area (Å²) in [5.74, 6) is 0.252. The summed E-state index contributed by atoms with van der Waals surface area (Å²) in [4.78, 5) is 14.7. The van der Waals surface area contributed by atoms with E-state index in [1.807, 2.05) is 29.0 Å². The molecule has 0 aliphatic carbocycles. The molecule has 3 heterocycles. The number of nitrogens with zero attached hydrogens (tertiary/aromatic N) is 6. The van der Waals surface area contributed by atoms with Gasteiger partial charge >= 0.3 is 0 Å². The van der Waals surface area contributed by atoms with Crippen molar-refractivity contribution < 1.29 is 4.79 Å². The third-order valence-corrected chi connectivity index (χ3v) is 4.86. The maximum absolute atomic E-state index is 12.8. The summed E-state index contributed by atoms with van der Waals surface area (Å²) in [7, 11) is 1.92. The molecule has 0 aromatic carbocycles. The van der Waals surface area contributed by atoms with E-state index in [0.29, 0.717) is 18.8 Å². The van der Waals surface area contributed by atoms with E-state index in [1.54, 1.807) is 10.9 Å². The molecule has 0 spiro atoms. The Morgan fingerprint density at radius 2 is 2.17 bits per heavy atom. The molecule has 24 heavy (non-hydrogen) atoms. The highest BCUT2D eigenvalue weighted by molar-refractivity contribution is 5.92. The number of rotatable bonds is 5. The van der Waals surface area contributed by atoms with E-state index in [-0.39, 0.29) is 17.2 Å². The largest absolute Gasteiger partial charge is 0.336 e. The maximum Gasteiger partial charge on any atom is 0.276 e. The predicted octanol–water partition coefficient (Wildman–Crippen LogP) is 2.08. The van der Waals surface area contributed by atoms with E-state index in [9.17, 15) is 4.79 Å². The number of hydrogen-bond acceptors (Lipinski definition) is 4. The lowest BCUT2D eigenvalue weighted by Gasteiger charge is -2.24. The molecule has 0 bridgehead atoms. The third kappa shape index (κ3) is 3.20. The maximum atomic E-state index is 12.8. The van der Waals surface area contributed by atoms with Gasteiger partial charge in [-0.3, -0.25) is 14.2 Å². The predicted molar refractivity (Wildman–Crippen MR) is 90.6 cm³/mol. The zero-order chi connectivity index (χ0) is 17.3. The van der Waals surface area contributed by atoms with Crippen LogP contribution < -0.4 is 0 Å². The molecule has 2 aromatic heterocycles. The van der Waals surface area contributed by atoms with Crippen LogP contribution >= 0.6 is 0 Å². The van der Waals surface area contributed by atoms with Gasteiger partial charge in [0.1, 0.15) is 0 Å². The van der Waals surface area contributed by atoms with E-state index >= 15 is 0 Å². The van der Waals surface area contributed by atoms with E-state index in [0.717, 1.165) is 19.4 Å². The Balaban J connectivity index is 1.73. The lowest BCUT2D eigenvalue weighted by Crippen LogP contribution is -2.30. The molecule has 0 N–H and O–H groups in total. The summed E-state index contributed by atoms with van der Waals surface area (Å²) in [6.45, 7) is 8.76. The van der Waals surface area contributed by atoms with E-state index in [1.165, 1.54) is 5.56 Å². The Morgan fingerprint density at radius 1 is 1.38 bits per heavy atom. The van der Waals surface area contributed by atoms with Gasteiger partial charge in [0.05, 0.1) is 12.4 Å². The highest BCUT2D eigenvalue weighted by atomic mass is 16.2. The van der Waals surface area contributed by atoms with Crippen molar-refractivity contribution in [3.05, 3.63) is 29.8 Å². The normalized spacial score (nSPS) is 19.8. The lowest BCUT2D eigenvalue weighted by molar-refractivity contribution is 0.0772. The van der Waals surface area contributed by atoms with Gasteiger partial charge in [0.2, 0.25) is 0 Å². The molecule has 1 fully saturated rings. The first-order valence-corrected chi connectivity index (χ1v) is 8.58. The van der Waals surface area contributed by atoms with Crippen molar-refractivity contribution in [1.29, 1.82) is 0 Å². The number of aryl methyl sites for hydroxylation is 2. The minimum atomic E-state index is -0.0304. The van der Waals surface area contributed by atoms with Crippen LogP contribution in [0, 0.1) is 5.41 Å². The molecule has 3 rings (SSSR count). The molecule has 2 aromatic rings. The Hall–Kier alpha value is -2.18. The second kappa shape index (κ2) is 6.37. The molecule has 1 saturated heterocycles. The molecule has 0 saturated carbocycles. The summed E-state index contributed by atoms with van der Waals surface area (Å²) in [6.07, 6.45) is 7.85. The van der Waals surface area contributed by atoms with Gasteiger partial charge in [-0.25, -0.2) is 0 Å². The monoisotopic (exact) mass is 330 g/mol. The molecule has 0 radical (unpaired) electrons. The molecular weight excluding hydrogens is 304 g/mol. The molecule has 130 valence electrons. The summed E-state index contributed by atoms with van der Waals surface area (Å²) < 4.78 is 3.58. The number of carbonyl (C=O) groups excluding carboxylic acids is 1. The van der Waals surface area contributed by atoms with Gasteiger partial charge in [0, 0.05) is 38.8 Å². The van der Waals surface area contributed by atoms with Crippen molar-refractivity contribution >= 4 is 5.91 Å². The number of carbonyl (C=O) groups is 1. The summed E-state index contributed by atoms with van der Waals surface area (Å²) >= 11 is 0. The summed E-state index contributed by atoms with van der Waals surface area (Å²) in [6, 6.07) is 0. The molecule has 1 aliphatic rings. The molecule has 1 aliphatic heterocycles. The molecule has 1 atom stereocenters. The van der Waals surface area contributed by atoms with Crippen LogP contribution in [0.15, 0.2) is 18.6 Å². The van der Waals surface area contributed by atoms with Gasteiger partial charge in [-0.05, 0) is 17.4 Å². The Morgan fingerprint density at radius 3 is 2.83 bits per heavy atom. The van der Waals surface area contributed by atoms with Crippen LogP contribution in [0.1, 0.15) is 55.6 Å². The Kier molecular flexibility index (Phi) is 4.43. The van der Waals surface area contributed by atoms with Gasteiger partial charge in [-0.1, -0.05) is 32.4 Å². The van der Waals surface area contributed by atoms with Crippen molar-refractivity contribution in [3.8, 4) is 0 Å². The summed E-state index contributed by atoms with van der Waals surface area (Å²) in [5.41, 5.74) is 1.63. The fraction of sp³-hybridized carbons (Fsp3) is 0.647.